The van der Waals surface area contributed by atoms with Gasteiger partial charge >= 0.3 is 5.97 Å². The highest BCUT2D eigenvalue weighted by molar-refractivity contribution is 7.89. The number of benzene rings is 2. The average molecular weight is 462 g/mol. The summed E-state index contributed by atoms with van der Waals surface area (Å²) in [6.07, 6.45) is 0.162. The fraction of sp³-hybridized carbons (Fsp3) is 0.227. The maximum Gasteiger partial charge on any atom is 0.322 e. The van der Waals surface area contributed by atoms with Gasteiger partial charge in [-0.15, -0.1) is 11.3 Å². The van der Waals surface area contributed by atoms with Gasteiger partial charge < -0.3 is 9.84 Å². The number of hydrogen-bond acceptors (Lipinski definition) is 5. The molecule has 1 atom stereocenters. The number of thiophene rings is 1. The lowest BCUT2D eigenvalue weighted by Gasteiger charge is -2.21. The summed E-state index contributed by atoms with van der Waals surface area (Å²) in [6.45, 7) is 1.92. The number of sulfonamides is 1. The van der Waals surface area contributed by atoms with E-state index in [9.17, 15) is 22.7 Å². The molecule has 0 fully saturated rings. The van der Waals surface area contributed by atoms with Crippen LogP contribution < -0.4 is 4.74 Å². The Morgan fingerprint density at radius 3 is 2.58 bits per heavy atom. The second-order valence-electron chi connectivity index (χ2n) is 7.13. The van der Waals surface area contributed by atoms with Gasteiger partial charge in [-0.3, -0.25) is 4.79 Å². The molecular formula is C22H20FNO5S2. The molecule has 0 amide bonds. The predicted octanol–water partition coefficient (Wildman–Crippen LogP) is 4.50. The third kappa shape index (κ3) is 4.08. The molecule has 1 N–H and O–H groups in total. The third-order valence-corrected chi connectivity index (χ3v) is 8.33. The summed E-state index contributed by atoms with van der Waals surface area (Å²) in [7, 11) is -3.93. The molecule has 0 bridgehead atoms. The van der Waals surface area contributed by atoms with Gasteiger partial charge in [0.05, 0.1) is 11.4 Å². The van der Waals surface area contributed by atoms with Gasteiger partial charge in [-0.1, -0.05) is 37.3 Å². The fourth-order valence-corrected chi connectivity index (χ4v) is 6.95. The topological polar surface area (TPSA) is 83.9 Å². The molecule has 2 heterocycles. The Balaban J connectivity index is 1.56. The van der Waals surface area contributed by atoms with E-state index in [2.05, 4.69) is 0 Å². The number of hydrogen-bond donors (Lipinski definition) is 1. The highest BCUT2D eigenvalue weighted by Crippen LogP contribution is 2.43. The monoisotopic (exact) mass is 461 g/mol. The molecule has 4 rings (SSSR count). The van der Waals surface area contributed by atoms with E-state index in [0.29, 0.717) is 22.1 Å². The quantitative estimate of drug-likeness (QED) is 0.560. The van der Waals surface area contributed by atoms with E-state index in [1.165, 1.54) is 12.1 Å². The minimum Gasteiger partial charge on any atom is -0.489 e. The van der Waals surface area contributed by atoms with Crippen LogP contribution in [0.3, 0.4) is 0 Å². The van der Waals surface area contributed by atoms with Crippen LogP contribution in [0.15, 0.2) is 59.5 Å². The average Bonchev–Trinajstić information content (AvgIpc) is 3.26. The van der Waals surface area contributed by atoms with Crippen LogP contribution in [0.2, 0.25) is 0 Å². The molecule has 162 valence electrons. The SMILES string of the molecule is CCC(C(=O)O)N1Cc2sc(-c3ccc(OCc4ccccc4)cc3F)cc2S1(=O)=O. The van der Waals surface area contributed by atoms with Crippen molar-refractivity contribution in [3.05, 3.63) is 70.9 Å². The standard InChI is InChI=1S/C22H20FNO5S2/c1-2-18(22(25)26)24-12-20-21(31(24,27)28)11-19(30-20)16-9-8-15(10-17(16)23)29-13-14-6-4-3-5-7-14/h3-11,18H,2,12-13H2,1H3,(H,25,26). The number of carboxylic acids is 1. The summed E-state index contributed by atoms with van der Waals surface area (Å²) in [4.78, 5) is 12.5. The first-order valence-electron chi connectivity index (χ1n) is 9.65. The van der Waals surface area contributed by atoms with Crippen molar-refractivity contribution in [3.8, 4) is 16.2 Å². The normalized spacial score (nSPS) is 16.1. The van der Waals surface area contributed by atoms with Crippen LogP contribution in [0.1, 0.15) is 23.8 Å². The maximum atomic E-state index is 14.8. The first-order chi connectivity index (χ1) is 14.8. The van der Waals surface area contributed by atoms with Crippen molar-refractivity contribution < 1.29 is 27.4 Å². The van der Waals surface area contributed by atoms with Crippen molar-refractivity contribution in [2.45, 2.75) is 37.4 Å². The van der Waals surface area contributed by atoms with Crippen molar-refractivity contribution in [3.63, 3.8) is 0 Å². The number of aliphatic carboxylic acids is 1. The Hall–Kier alpha value is -2.75. The molecule has 0 saturated heterocycles. The van der Waals surface area contributed by atoms with Crippen molar-refractivity contribution in [2.75, 3.05) is 0 Å². The van der Waals surface area contributed by atoms with Gasteiger partial charge in [0.2, 0.25) is 10.0 Å². The zero-order valence-corrected chi connectivity index (χ0v) is 18.2. The molecule has 3 aromatic rings. The molecule has 6 nitrogen and oxygen atoms in total. The number of rotatable bonds is 7. The Labute approximate surface area is 183 Å². The van der Waals surface area contributed by atoms with Crippen LogP contribution in [0, 0.1) is 5.82 Å². The summed E-state index contributed by atoms with van der Waals surface area (Å²) >= 11 is 1.16. The van der Waals surface area contributed by atoms with Crippen molar-refractivity contribution in [2.24, 2.45) is 0 Å². The summed E-state index contributed by atoms with van der Waals surface area (Å²) in [5.74, 6) is -1.32. The van der Waals surface area contributed by atoms with Gasteiger partial charge in [0, 0.05) is 21.4 Å². The van der Waals surface area contributed by atoms with Crippen LogP contribution in [0.25, 0.3) is 10.4 Å². The number of carbonyl (C=O) groups is 1. The Morgan fingerprint density at radius 2 is 1.97 bits per heavy atom. The van der Waals surface area contributed by atoms with Gasteiger partial charge in [0.15, 0.2) is 0 Å². The highest BCUT2D eigenvalue weighted by atomic mass is 32.2. The lowest BCUT2D eigenvalue weighted by atomic mass is 10.1. The lowest BCUT2D eigenvalue weighted by Crippen LogP contribution is -2.40. The number of nitrogens with zero attached hydrogens (tertiary/aromatic N) is 1. The van der Waals surface area contributed by atoms with E-state index >= 15 is 0 Å². The Morgan fingerprint density at radius 1 is 1.23 bits per heavy atom. The molecule has 1 aliphatic heterocycles. The second-order valence-corrected chi connectivity index (χ2v) is 10.1. The number of carboxylic acid groups (broad SMARTS) is 1. The van der Waals surface area contributed by atoms with Crippen molar-refractivity contribution >= 4 is 27.3 Å². The number of ether oxygens (including phenoxy) is 1. The largest absolute Gasteiger partial charge is 0.489 e. The Kier molecular flexibility index (Phi) is 5.83. The van der Waals surface area contributed by atoms with Gasteiger partial charge in [-0.05, 0) is 30.2 Å². The van der Waals surface area contributed by atoms with E-state index in [4.69, 9.17) is 4.74 Å². The highest BCUT2D eigenvalue weighted by Gasteiger charge is 2.43. The van der Waals surface area contributed by atoms with Crippen LogP contribution >= 0.6 is 11.3 Å². The summed E-state index contributed by atoms with van der Waals surface area (Å²) < 4.78 is 47.1. The molecule has 9 heteroatoms. The summed E-state index contributed by atoms with van der Waals surface area (Å²) in [5.41, 5.74) is 1.24. The van der Waals surface area contributed by atoms with Gasteiger partial charge in [-0.2, -0.15) is 4.31 Å². The first kappa shape index (κ1) is 21.5. The number of fused-ring (bicyclic) bond motifs is 1. The molecule has 2 aromatic carbocycles. The molecule has 0 spiro atoms. The molecule has 1 aromatic heterocycles. The molecule has 31 heavy (non-hydrogen) atoms. The van der Waals surface area contributed by atoms with E-state index in [1.54, 1.807) is 19.1 Å². The van der Waals surface area contributed by atoms with Crippen LogP contribution in [0.5, 0.6) is 5.75 Å². The smallest absolute Gasteiger partial charge is 0.322 e. The molecule has 0 aliphatic carbocycles. The fourth-order valence-electron chi connectivity index (χ4n) is 3.53. The van der Waals surface area contributed by atoms with Crippen LogP contribution in [0.4, 0.5) is 4.39 Å². The van der Waals surface area contributed by atoms with Gasteiger partial charge in [0.1, 0.15) is 24.2 Å². The summed E-state index contributed by atoms with van der Waals surface area (Å²) in [6, 6.07) is 14.3. The molecule has 0 radical (unpaired) electrons. The molecule has 0 saturated carbocycles. The molecular weight excluding hydrogens is 441 g/mol. The van der Waals surface area contributed by atoms with Crippen molar-refractivity contribution in [1.29, 1.82) is 0 Å². The zero-order valence-electron chi connectivity index (χ0n) is 16.6. The second kappa shape index (κ2) is 8.41. The van der Waals surface area contributed by atoms with E-state index in [-0.39, 0.29) is 23.4 Å². The first-order valence-corrected chi connectivity index (χ1v) is 11.9. The molecule has 1 aliphatic rings. The maximum absolute atomic E-state index is 14.8. The Bertz CT molecular complexity index is 1220. The predicted molar refractivity (Wildman–Crippen MR) is 115 cm³/mol. The minimum atomic E-state index is -3.93. The van der Waals surface area contributed by atoms with Gasteiger partial charge in [0.25, 0.3) is 0 Å². The third-order valence-electron chi connectivity index (χ3n) is 5.13. The van der Waals surface area contributed by atoms with Crippen molar-refractivity contribution in [1.82, 2.24) is 4.31 Å². The lowest BCUT2D eigenvalue weighted by molar-refractivity contribution is -0.141. The molecule has 1 unspecified atom stereocenters. The van der Waals surface area contributed by atoms with E-state index in [1.807, 2.05) is 30.3 Å². The van der Waals surface area contributed by atoms with E-state index in [0.717, 1.165) is 21.2 Å². The van der Waals surface area contributed by atoms with E-state index < -0.39 is 27.9 Å². The zero-order chi connectivity index (χ0) is 22.2. The number of halogens is 1. The van der Waals surface area contributed by atoms with Crippen LogP contribution in [-0.2, 0) is 28.0 Å². The minimum absolute atomic E-state index is 0.0208. The summed E-state index contributed by atoms with van der Waals surface area (Å²) in [5, 5.41) is 9.33. The van der Waals surface area contributed by atoms with Gasteiger partial charge in [-0.25, -0.2) is 12.8 Å². The van der Waals surface area contributed by atoms with Crippen LogP contribution in [-0.4, -0.2) is 29.8 Å².